The van der Waals surface area contributed by atoms with Crippen LogP contribution in [0.25, 0.3) is 0 Å². The molecule has 0 radical (unpaired) electrons. The Hall–Kier alpha value is -3.61. The Morgan fingerprint density at radius 1 is 0.862 bits per heavy atom. The van der Waals surface area contributed by atoms with E-state index in [1.54, 1.807) is 31.3 Å². The molecule has 1 N–H and O–H groups in total. The van der Waals surface area contributed by atoms with Crippen LogP contribution >= 0.6 is 0 Å². The summed E-state index contributed by atoms with van der Waals surface area (Å²) in [6, 6.07) is 13.0. The molecule has 0 saturated carbocycles. The lowest BCUT2D eigenvalue weighted by Crippen LogP contribution is -2.10. The fraction of sp³-hybridized carbons (Fsp3) is 0.227. The van der Waals surface area contributed by atoms with Gasteiger partial charge in [0.2, 0.25) is 0 Å². The van der Waals surface area contributed by atoms with Crippen molar-refractivity contribution in [3.8, 4) is 5.75 Å². The number of carbonyl (C=O) groups excluding carboxylic acids is 3. The van der Waals surface area contributed by atoms with Gasteiger partial charge in [0.15, 0.2) is 0 Å². The number of benzene rings is 2. The van der Waals surface area contributed by atoms with Crippen LogP contribution in [0.5, 0.6) is 5.75 Å². The molecule has 0 bridgehead atoms. The Balaban J connectivity index is 1.76. The highest BCUT2D eigenvalue weighted by Gasteiger charge is 2.11. The lowest BCUT2D eigenvalue weighted by Gasteiger charge is -2.07. The van der Waals surface area contributed by atoms with Gasteiger partial charge in [0.1, 0.15) is 5.75 Å². The summed E-state index contributed by atoms with van der Waals surface area (Å²) in [5.41, 5.74) is 1.66. The zero-order valence-corrected chi connectivity index (χ0v) is 16.2. The van der Waals surface area contributed by atoms with E-state index in [4.69, 9.17) is 14.2 Å². The van der Waals surface area contributed by atoms with Gasteiger partial charge in [-0.1, -0.05) is 6.58 Å². The van der Waals surface area contributed by atoms with Crippen molar-refractivity contribution in [2.24, 2.45) is 0 Å². The van der Waals surface area contributed by atoms with Crippen molar-refractivity contribution < 1.29 is 28.6 Å². The molecule has 2 aromatic rings. The predicted molar refractivity (Wildman–Crippen MR) is 108 cm³/mol. The van der Waals surface area contributed by atoms with Crippen LogP contribution in [-0.2, 0) is 14.3 Å². The van der Waals surface area contributed by atoms with Gasteiger partial charge in [-0.3, -0.25) is 0 Å². The van der Waals surface area contributed by atoms with Gasteiger partial charge < -0.3 is 19.5 Å². The van der Waals surface area contributed by atoms with Crippen LogP contribution in [0.3, 0.4) is 0 Å². The highest BCUT2D eigenvalue weighted by atomic mass is 16.5. The van der Waals surface area contributed by atoms with E-state index < -0.39 is 17.9 Å². The Bertz CT molecular complexity index is 843. The number of ether oxygens (including phenoxy) is 3. The van der Waals surface area contributed by atoms with E-state index in [0.29, 0.717) is 29.7 Å². The van der Waals surface area contributed by atoms with Gasteiger partial charge in [-0.2, -0.15) is 0 Å². The number of nitrogens with one attached hydrogen (secondary N) is 1. The normalized spacial score (nSPS) is 9.97. The predicted octanol–water partition coefficient (Wildman–Crippen LogP) is 3.61. The van der Waals surface area contributed by atoms with Gasteiger partial charge >= 0.3 is 17.9 Å². The van der Waals surface area contributed by atoms with E-state index >= 15 is 0 Å². The molecule has 152 valence electrons. The van der Waals surface area contributed by atoms with Gasteiger partial charge in [-0.15, -0.1) is 0 Å². The molecule has 7 heteroatoms. The monoisotopic (exact) mass is 397 g/mol. The molecular weight excluding hydrogens is 374 g/mol. The highest BCUT2D eigenvalue weighted by Crippen LogP contribution is 2.16. The van der Waals surface area contributed by atoms with Crippen LogP contribution in [0.4, 0.5) is 5.69 Å². The third-order valence-corrected chi connectivity index (χ3v) is 3.89. The van der Waals surface area contributed by atoms with Crippen LogP contribution < -0.4 is 10.1 Å². The van der Waals surface area contributed by atoms with Crippen LogP contribution in [0.2, 0.25) is 0 Å². The Kier molecular flexibility index (Phi) is 8.44. The molecule has 2 aromatic carbocycles. The summed E-state index contributed by atoms with van der Waals surface area (Å²) in [5, 5.41) is 2.97. The molecule has 0 heterocycles. The molecular formula is C22H23NO6. The zero-order chi connectivity index (χ0) is 21.1. The van der Waals surface area contributed by atoms with Crippen molar-refractivity contribution in [3.05, 3.63) is 72.3 Å². The van der Waals surface area contributed by atoms with Gasteiger partial charge in [0.05, 0.1) is 24.3 Å². The second kappa shape index (κ2) is 11.3. The van der Waals surface area contributed by atoms with Crippen molar-refractivity contribution >= 4 is 23.6 Å². The summed E-state index contributed by atoms with van der Waals surface area (Å²) in [4.78, 5) is 35.0. The minimum atomic E-state index is -0.486. The maximum absolute atomic E-state index is 12.2. The van der Waals surface area contributed by atoms with Crippen LogP contribution in [-0.4, -0.2) is 38.2 Å². The summed E-state index contributed by atoms with van der Waals surface area (Å²) in [6.45, 7) is 3.76. The maximum atomic E-state index is 12.2. The van der Waals surface area contributed by atoms with Crippen molar-refractivity contribution in [3.63, 3.8) is 0 Å². The molecule has 0 spiro atoms. The van der Waals surface area contributed by atoms with E-state index in [9.17, 15) is 14.4 Å². The van der Waals surface area contributed by atoms with Gasteiger partial charge in [-0.05, 0) is 61.4 Å². The molecule has 0 aromatic heterocycles. The van der Waals surface area contributed by atoms with Crippen molar-refractivity contribution in [2.45, 2.75) is 12.8 Å². The molecule has 7 nitrogen and oxygen atoms in total. The lowest BCUT2D eigenvalue weighted by molar-refractivity contribution is -0.137. The fourth-order valence-corrected chi connectivity index (χ4v) is 2.28. The molecule has 0 amide bonds. The lowest BCUT2D eigenvalue weighted by atomic mass is 10.2. The molecule has 29 heavy (non-hydrogen) atoms. The average molecular weight is 397 g/mol. The summed E-state index contributed by atoms with van der Waals surface area (Å²) in [5.74, 6) is -1.11. The van der Waals surface area contributed by atoms with E-state index in [0.717, 1.165) is 11.8 Å². The van der Waals surface area contributed by atoms with Crippen molar-refractivity contribution in [2.75, 3.05) is 25.6 Å². The van der Waals surface area contributed by atoms with Gasteiger partial charge in [0, 0.05) is 18.8 Å². The first-order chi connectivity index (χ1) is 14.0. The minimum absolute atomic E-state index is 0.212. The molecule has 0 saturated heterocycles. The molecule has 0 aliphatic carbocycles. The number of hydrogen-bond donors (Lipinski definition) is 1. The Morgan fingerprint density at radius 2 is 1.41 bits per heavy atom. The smallest absolute Gasteiger partial charge is 0.343 e. The quantitative estimate of drug-likeness (QED) is 0.283. The molecule has 2 rings (SSSR count). The first-order valence-corrected chi connectivity index (χ1v) is 9.10. The van der Waals surface area contributed by atoms with E-state index in [1.165, 1.54) is 24.3 Å². The summed E-state index contributed by atoms with van der Waals surface area (Å²) >= 11 is 0. The topological polar surface area (TPSA) is 90.9 Å². The summed E-state index contributed by atoms with van der Waals surface area (Å²) < 4.78 is 15.3. The summed E-state index contributed by atoms with van der Waals surface area (Å²) in [7, 11) is 1.79. The zero-order valence-electron chi connectivity index (χ0n) is 16.2. The van der Waals surface area contributed by atoms with Crippen molar-refractivity contribution in [1.29, 1.82) is 0 Å². The first kappa shape index (κ1) is 21.7. The number of anilines is 1. The molecule has 0 fully saturated rings. The third kappa shape index (κ3) is 7.14. The van der Waals surface area contributed by atoms with Gasteiger partial charge in [-0.25, -0.2) is 14.4 Å². The number of carbonyl (C=O) groups is 3. The maximum Gasteiger partial charge on any atom is 0.343 e. The standard InChI is InChI=1S/C22H23NO6/c1-3-20(24)27-14-4-5-15-28-21(25)16-8-12-19(13-9-16)29-22(26)17-6-10-18(23-2)11-7-17/h3,6-13,23H,1,4-5,14-15H2,2H3. The van der Waals surface area contributed by atoms with E-state index in [2.05, 4.69) is 11.9 Å². The van der Waals surface area contributed by atoms with E-state index in [1.807, 2.05) is 0 Å². The number of unbranched alkanes of at least 4 members (excludes halogenated alkanes) is 1. The van der Waals surface area contributed by atoms with Crippen molar-refractivity contribution in [1.82, 2.24) is 0 Å². The first-order valence-electron chi connectivity index (χ1n) is 9.10. The van der Waals surface area contributed by atoms with E-state index in [-0.39, 0.29) is 13.2 Å². The second-order valence-electron chi connectivity index (χ2n) is 5.96. The summed E-state index contributed by atoms with van der Waals surface area (Å²) in [6.07, 6.45) is 2.25. The van der Waals surface area contributed by atoms with Crippen LogP contribution in [0, 0.1) is 0 Å². The molecule has 0 aliphatic rings. The second-order valence-corrected chi connectivity index (χ2v) is 5.96. The average Bonchev–Trinajstić information content (AvgIpc) is 2.76. The number of esters is 3. The molecule has 0 aliphatic heterocycles. The third-order valence-electron chi connectivity index (χ3n) is 3.89. The Labute approximate surface area is 169 Å². The van der Waals surface area contributed by atoms with Crippen LogP contribution in [0.1, 0.15) is 33.6 Å². The molecule has 0 unspecified atom stereocenters. The minimum Gasteiger partial charge on any atom is -0.463 e. The fourth-order valence-electron chi connectivity index (χ4n) is 2.28. The highest BCUT2D eigenvalue weighted by molar-refractivity contribution is 5.92. The molecule has 0 atom stereocenters. The van der Waals surface area contributed by atoms with Gasteiger partial charge in [0.25, 0.3) is 0 Å². The largest absolute Gasteiger partial charge is 0.463 e. The van der Waals surface area contributed by atoms with Crippen LogP contribution in [0.15, 0.2) is 61.2 Å². The number of hydrogen-bond acceptors (Lipinski definition) is 7. The number of rotatable bonds is 10. The Morgan fingerprint density at radius 3 is 2.00 bits per heavy atom. The SMILES string of the molecule is C=CC(=O)OCCCCOC(=O)c1ccc(OC(=O)c2ccc(NC)cc2)cc1.